The zero-order valence-corrected chi connectivity index (χ0v) is 17.2. The van der Waals surface area contributed by atoms with Crippen molar-refractivity contribution >= 4 is 23.5 Å². The van der Waals surface area contributed by atoms with Crippen LogP contribution in [-0.4, -0.2) is 36.2 Å². The summed E-state index contributed by atoms with van der Waals surface area (Å²) in [5.74, 6) is 0.557. The molecule has 1 aliphatic carbocycles. The zero-order chi connectivity index (χ0) is 21.2. The molecule has 160 valence electrons. The SMILES string of the molecule is O=C(Nc1cc(C2C=NC=C(NC3CC3)N2)c[nH]c1=O)c1ccc(N2CCCC2)cc1. The highest BCUT2D eigenvalue weighted by atomic mass is 16.2. The van der Waals surface area contributed by atoms with E-state index in [1.54, 1.807) is 36.8 Å². The lowest BCUT2D eigenvalue weighted by Crippen LogP contribution is -2.34. The van der Waals surface area contributed by atoms with Crippen molar-refractivity contribution in [2.75, 3.05) is 23.3 Å². The van der Waals surface area contributed by atoms with Crippen molar-refractivity contribution in [3.63, 3.8) is 0 Å². The maximum atomic E-state index is 12.7. The van der Waals surface area contributed by atoms with E-state index in [9.17, 15) is 9.59 Å². The number of hydrogen-bond donors (Lipinski definition) is 4. The predicted octanol–water partition coefficient (Wildman–Crippen LogP) is 2.49. The fourth-order valence-electron chi connectivity index (χ4n) is 3.91. The van der Waals surface area contributed by atoms with E-state index < -0.39 is 0 Å². The van der Waals surface area contributed by atoms with Gasteiger partial charge in [0, 0.05) is 42.8 Å². The van der Waals surface area contributed by atoms with Gasteiger partial charge in [-0.25, -0.2) is 0 Å². The number of benzene rings is 1. The van der Waals surface area contributed by atoms with E-state index in [0.717, 1.165) is 30.2 Å². The standard InChI is InChI=1S/C23H26N6O2/c30-22(15-3-7-18(8-4-15)29-9-1-2-10-29)28-19-11-16(12-25-23(19)31)20-13-24-14-21(27-20)26-17-5-6-17/h3-4,7-8,11-14,17,20,26-27H,1-2,5-6,9-10H2,(H,25,31)(H,28,30). The van der Waals surface area contributed by atoms with Gasteiger partial charge in [0.2, 0.25) is 0 Å². The van der Waals surface area contributed by atoms with Crippen LogP contribution in [0.1, 0.15) is 47.6 Å². The number of carbonyl (C=O) groups is 1. The molecule has 1 atom stereocenters. The highest BCUT2D eigenvalue weighted by Gasteiger charge is 2.24. The summed E-state index contributed by atoms with van der Waals surface area (Å²) in [5, 5.41) is 9.50. The summed E-state index contributed by atoms with van der Waals surface area (Å²) in [6.45, 7) is 2.11. The number of anilines is 2. The van der Waals surface area contributed by atoms with Gasteiger partial charge in [-0.1, -0.05) is 0 Å². The molecular formula is C23H26N6O2. The summed E-state index contributed by atoms with van der Waals surface area (Å²) in [4.78, 5) is 34.4. The Morgan fingerprint density at radius 2 is 1.90 bits per heavy atom. The second-order valence-electron chi connectivity index (χ2n) is 8.25. The summed E-state index contributed by atoms with van der Waals surface area (Å²) in [6, 6.07) is 9.54. The van der Waals surface area contributed by atoms with E-state index in [-0.39, 0.29) is 23.2 Å². The van der Waals surface area contributed by atoms with Gasteiger partial charge in [-0.2, -0.15) is 0 Å². The Labute approximate surface area is 180 Å². The lowest BCUT2D eigenvalue weighted by molar-refractivity contribution is 0.102. The topological polar surface area (TPSA) is 102 Å². The minimum absolute atomic E-state index is 0.196. The van der Waals surface area contributed by atoms with Crippen LogP contribution in [0.5, 0.6) is 0 Å². The van der Waals surface area contributed by atoms with Crippen molar-refractivity contribution in [2.45, 2.75) is 37.8 Å². The van der Waals surface area contributed by atoms with E-state index in [1.165, 1.54) is 25.7 Å². The van der Waals surface area contributed by atoms with Crippen molar-refractivity contribution in [1.82, 2.24) is 15.6 Å². The van der Waals surface area contributed by atoms with Gasteiger partial charge in [0.25, 0.3) is 11.5 Å². The van der Waals surface area contributed by atoms with Gasteiger partial charge in [-0.05, 0) is 61.6 Å². The Bertz CT molecular complexity index is 1080. The first-order valence-electron chi connectivity index (χ1n) is 10.8. The Morgan fingerprint density at radius 3 is 2.65 bits per heavy atom. The van der Waals surface area contributed by atoms with E-state index in [2.05, 4.69) is 30.8 Å². The van der Waals surface area contributed by atoms with E-state index in [0.29, 0.717) is 11.6 Å². The molecule has 1 saturated heterocycles. The molecule has 8 heteroatoms. The van der Waals surface area contributed by atoms with Crippen LogP contribution in [0, 0.1) is 0 Å². The molecule has 2 fully saturated rings. The lowest BCUT2D eigenvalue weighted by atomic mass is 10.1. The number of carbonyl (C=O) groups excluding carboxylic acids is 1. The molecule has 1 unspecified atom stereocenters. The summed E-state index contributed by atoms with van der Waals surface area (Å²) in [6.07, 6.45) is 9.92. The van der Waals surface area contributed by atoms with Gasteiger partial charge in [-0.3, -0.25) is 14.6 Å². The zero-order valence-electron chi connectivity index (χ0n) is 17.2. The first-order valence-corrected chi connectivity index (χ1v) is 10.8. The maximum Gasteiger partial charge on any atom is 0.271 e. The van der Waals surface area contributed by atoms with Crippen molar-refractivity contribution in [1.29, 1.82) is 0 Å². The molecular weight excluding hydrogens is 392 g/mol. The number of aromatic nitrogens is 1. The molecule has 1 aromatic carbocycles. The first-order chi connectivity index (χ1) is 15.2. The highest BCUT2D eigenvalue weighted by Crippen LogP contribution is 2.23. The molecule has 3 heterocycles. The van der Waals surface area contributed by atoms with E-state index >= 15 is 0 Å². The Balaban J connectivity index is 1.28. The molecule has 31 heavy (non-hydrogen) atoms. The van der Waals surface area contributed by atoms with Crippen molar-refractivity contribution < 1.29 is 4.79 Å². The molecule has 0 bridgehead atoms. The molecule has 4 N–H and O–H groups in total. The quantitative estimate of drug-likeness (QED) is 0.577. The summed E-state index contributed by atoms with van der Waals surface area (Å²) >= 11 is 0. The third-order valence-electron chi connectivity index (χ3n) is 5.82. The molecule has 0 radical (unpaired) electrons. The average Bonchev–Trinajstić information content (AvgIpc) is 3.43. The average molecular weight is 419 g/mol. The van der Waals surface area contributed by atoms with Crippen molar-refractivity contribution in [2.24, 2.45) is 4.99 Å². The molecule has 1 amide bonds. The first kappa shape index (κ1) is 19.4. The fourth-order valence-corrected chi connectivity index (χ4v) is 3.91. The second kappa shape index (κ2) is 8.29. The normalized spacial score (nSPS) is 20.2. The Kier molecular flexibility index (Phi) is 5.19. The molecule has 1 saturated carbocycles. The number of hydrogen-bond acceptors (Lipinski definition) is 6. The third-order valence-corrected chi connectivity index (χ3v) is 5.82. The molecule has 3 aliphatic rings. The summed E-state index contributed by atoms with van der Waals surface area (Å²) in [5.41, 5.74) is 2.33. The lowest BCUT2D eigenvalue weighted by Gasteiger charge is -2.22. The molecule has 8 nitrogen and oxygen atoms in total. The van der Waals surface area contributed by atoms with Crippen molar-refractivity contribution in [3.05, 3.63) is 70.0 Å². The summed E-state index contributed by atoms with van der Waals surface area (Å²) < 4.78 is 0. The van der Waals surface area contributed by atoms with Crippen LogP contribution >= 0.6 is 0 Å². The number of nitrogens with zero attached hydrogens (tertiary/aromatic N) is 2. The monoisotopic (exact) mass is 418 g/mol. The van der Waals surface area contributed by atoms with Gasteiger partial charge in [0.1, 0.15) is 11.5 Å². The summed E-state index contributed by atoms with van der Waals surface area (Å²) in [7, 11) is 0. The molecule has 1 aromatic heterocycles. The van der Waals surface area contributed by atoms with Crippen LogP contribution in [0.25, 0.3) is 0 Å². The minimum Gasteiger partial charge on any atom is -0.372 e. The smallest absolute Gasteiger partial charge is 0.271 e. The number of aromatic amines is 1. The van der Waals surface area contributed by atoms with Crippen molar-refractivity contribution in [3.8, 4) is 0 Å². The highest BCUT2D eigenvalue weighted by molar-refractivity contribution is 6.04. The molecule has 2 aliphatic heterocycles. The largest absolute Gasteiger partial charge is 0.372 e. The Hall–Kier alpha value is -3.55. The van der Waals surface area contributed by atoms with Gasteiger partial charge < -0.3 is 25.8 Å². The minimum atomic E-state index is -0.342. The van der Waals surface area contributed by atoms with Crippen LogP contribution in [0.3, 0.4) is 0 Å². The second-order valence-corrected chi connectivity index (χ2v) is 8.25. The van der Waals surface area contributed by atoms with Crippen LogP contribution in [-0.2, 0) is 0 Å². The fraction of sp³-hybridized carbons (Fsp3) is 0.348. The van der Waals surface area contributed by atoms with Crippen LogP contribution in [0.2, 0.25) is 0 Å². The maximum absolute atomic E-state index is 12.7. The van der Waals surface area contributed by atoms with Crippen LogP contribution < -0.4 is 26.4 Å². The van der Waals surface area contributed by atoms with Crippen LogP contribution in [0.4, 0.5) is 11.4 Å². The number of pyridine rings is 1. The van der Waals surface area contributed by atoms with Gasteiger partial charge >= 0.3 is 0 Å². The third kappa shape index (κ3) is 4.47. The number of aliphatic imine (C=N–C) groups is 1. The number of rotatable bonds is 6. The number of nitrogens with one attached hydrogen (secondary N) is 4. The van der Waals surface area contributed by atoms with Gasteiger partial charge in [0.15, 0.2) is 0 Å². The Morgan fingerprint density at radius 1 is 1.13 bits per heavy atom. The van der Waals surface area contributed by atoms with Gasteiger partial charge in [0.05, 0.1) is 12.2 Å². The number of H-pyrrole nitrogens is 1. The van der Waals surface area contributed by atoms with E-state index in [4.69, 9.17) is 0 Å². The molecule has 0 spiro atoms. The van der Waals surface area contributed by atoms with Gasteiger partial charge in [-0.15, -0.1) is 0 Å². The number of amides is 1. The molecule has 2 aromatic rings. The van der Waals surface area contributed by atoms with E-state index in [1.807, 2.05) is 12.1 Å². The predicted molar refractivity (Wildman–Crippen MR) is 122 cm³/mol. The molecule has 5 rings (SSSR count). The van der Waals surface area contributed by atoms with Crippen LogP contribution in [0.15, 0.2) is 58.3 Å².